The molecule has 0 saturated heterocycles. The van der Waals surface area contributed by atoms with Gasteiger partial charge in [-0.15, -0.1) is 0 Å². The van der Waals surface area contributed by atoms with Gasteiger partial charge in [0.25, 0.3) is 0 Å². The molecule has 0 aliphatic carbocycles. The fourth-order valence-corrected chi connectivity index (χ4v) is 1.90. The number of aryl methyl sites for hydroxylation is 1. The van der Waals surface area contributed by atoms with Crippen LogP contribution in [0.1, 0.15) is 23.0 Å². The van der Waals surface area contributed by atoms with Crippen LogP contribution in [0.3, 0.4) is 0 Å². The summed E-state index contributed by atoms with van der Waals surface area (Å²) in [4.78, 5) is 24.1. The molecular formula is C14H14O5. The molecule has 5 nitrogen and oxygen atoms in total. The summed E-state index contributed by atoms with van der Waals surface area (Å²) < 4.78 is 15.5. The highest BCUT2D eigenvalue weighted by molar-refractivity contribution is 5.95. The lowest BCUT2D eigenvalue weighted by Crippen LogP contribution is -2.19. The van der Waals surface area contributed by atoms with Gasteiger partial charge < -0.3 is 13.9 Å². The molecule has 0 fully saturated rings. The third-order valence-electron chi connectivity index (χ3n) is 2.76. The minimum absolute atomic E-state index is 0.0670. The predicted molar refractivity (Wildman–Crippen MR) is 69.7 cm³/mol. The maximum atomic E-state index is 12.3. The fraction of sp³-hybridized carbons (Fsp3) is 0.286. The smallest absolute Gasteiger partial charge is 0.345 e. The van der Waals surface area contributed by atoms with E-state index in [1.165, 1.54) is 7.11 Å². The molecule has 0 unspecified atom stereocenters. The number of hydrogen-bond acceptors (Lipinski definition) is 5. The minimum atomic E-state index is -0.668. The lowest BCUT2D eigenvalue weighted by molar-refractivity contribution is 0.0521. The van der Waals surface area contributed by atoms with Gasteiger partial charge in [-0.1, -0.05) is 6.07 Å². The molecule has 5 heteroatoms. The number of carbonyl (C=O) groups is 1. The van der Waals surface area contributed by atoms with Crippen molar-refractivity contribution in [3.63, 3.8) is 0 Å². The van der Waals surface area contributed by atoms with Crippen LogP contribution in [0.5, 0.6) is 5.75 Å². The van der Waals surface area contributed by atoms with E-state index in [0.29, 0.717) is 16.7 Å². The Bertz CT molecular complexity index is 684. The summed E-state index contributed by atoms with van der Waals surface area (Å²) in [5, 5.41) is 0.299. The van der Waals surface area contributed by atoms with Crippen molar-refractivity contribution in [3.05, 3.63) is 39.7 Å². The molecule has 0 aliphatic heterocycles. The third-order valence-corrected chi connectivity index (χ3v) is 2.76. The molecule has 0 bridgehead atoms. The second-order valence-corrected chi connectivity index (χ2v) is 3.92. The first kappa shape index (κ1) is 13.1. The van der Waals surface area contributed by atoms with Crippen molar-refractivity contribution in [2.45, 2.75) is 13.8 Å². The van der Waals surface area contributed by atoms with Crippen LogP contribution in [0.4, 0.5) is 0 Å². The summed E-state index contributed by atoms with van der Waals surface area (Å²) in [6, 6.07) is 4.95. The highest BCUT2D eigenvalue weighted by Crippen LogP contribution is 2.25. The summed E-state index contributed by atoms with van der Waals surface area (Å²) in [5.41, 5.74) is -0.140. The van der Waals surface area contributed by atoms with Gasteiger partial charge in [-0.3, -0.25) is 4.79 Å². The molecule has 19 heavy (non-hydrogen) atoms. The van der Waals surface area contributed by atoms with Gasteiger partial charge in [0.2, 0.25) is 5.43 Å². The zero-order valence-corrected chi connectivity index (χ0v) is 11.0. The Balaban J connectivity index is 2.77. The maximum absolute atomic E-state index is 12.3. The van der Waals surface area contributed by atoms with Gasteiger partial charge in [-0.05, 0) is 26.0 Å². The van der Waals surface area contributed by atoms with Crippen molar-refractivity contribution in [1.29, 1.82) is 0 Å². The van der Waals surface area contributed by atoms with Crippen molar-refractivity contribution < 1.29 is 18.7 Å². The Kier molecular flexibility index (Phi) is 3.55. The Labute approximate surface area is 109 Å². The molecule has 0 N–H and O–H groups in total. The van der Waals surface area contributed by atoms with Crippen LogP contribution in [0, 0.1) is 6.92 Å². The van der Waals surface area contributed by atoms with Gasteiger partial charge in [0.1, 0.15) is 11.3 Å². The summed E-state index contributed by atoms with van der Waals surface area (Å²) >= 11 is 0. The number of fused-ring (bicyclic) bond motifs is 1. The summed E-state index contributed by atoms with van der Waals surface area (Å²) in [6.45, 7) is 3.44. The number of carbonyl (C=O) groups excluding carboxylic acids is 1. The van der Waals surface area contributed by atoms with Gasteiger partial charge in [-0.2, -0.15) is 0 Å². The SMILES string of the molecule is CCOC(=O)c1c(C)oc2c(OC)cccc2c1=O. The summed E-state index contributed by atoms with van der Waals surface area (Å²) in [7, 11) is 1.49. The number of methoxy groups -OCH3 is 1. The van der Waals surface area contributed by atoms with Crippen molar-refractivity contribution in [2.24, 2.45) is 0 Å². The monoisotopic (exact) mass is 262 g/mol. The van der Waals surface area contributed by atoms with Crippen LogP contribution in [0.2, 0.25) is 0 Å². The van der Waals surface area contributed by atoms with E-state index in [1.807, 2.05) is 0 Å². The molecule has 0 atom stereocenters. The first-order valence-electron chi connectivity index (χ1n) is 5.87. The quantitative estimate of drug-likeness (QED) is 0.794. The molecule has 2 aromatic rings. The molecule has 0 amide bonds. The van der Waals surface area contributed by atoms with E-state index in [1.54, 1.807) is 32.0 Å². The van der Waals surface area contributed by atoms with E-state index in [-0.39, 0.29) is 17.9 Å². The van der Waals surface area contributed by atoms with Crippen LogP contribution in [-0.2, 0) is 4.74 Å². The number of hydrogen-bond donors (Lipinski definition) is 0. The maximum Gasteiger partial charge on any atom is 0.345 e. The third kappa shape index (κ3) is 2.19. The molecule has 1 aromatic heterocycles. The normalized spacial score (nSPS) is 10.5. The Hall–Kier alpha value is -2.30. The molecule has 0 spiro atoms. The topological polar surface area (TPSA) is 65.7 Å². The largest absolute Gasteiger partial charge is 0.493 e. The standard InChI is InChI=1S/C14H14O5/c1-4-18-14(16)11-8(2)19-13-9(12(11)15)6-5-7-10(13)17-3/h5-7H,4H2,1-3H3. The van der Waals surface area contributed by atoms with E-state index in [4.69, 9.17) is 13.9 Å². The summed E-state index contributed by atoms with van der Waals surface area (Å²) in [6.07, 6.45) is 0. The zero-order chi connectivity index (χ0) is 14.0. The Morgan fingerprint density at radius 3 is 2.74 bits per heavy atom. The second-order valence-electron chi connectivity index (χ2n) is 3.92. The van der Waals surface area contributed by atoms with Crippen LogP contribution in [0.25, 0.3) is 11.0 Å². The average Bonchev–Trinajstić information content (AvgIpc) is 2.38. The van der Waals surface area contributed by atoms with E-state index >= 15 is 0 Å². The van der Waals surface area contributed by atoms with E-state index < -0.39 is 11.4 Å². The minimum Gasteiger partial charge on any atom is -0.493 e. The first-order chi connectivity index (χ1) is 9.10. The number of ether oxygens (including phenoxy) is 2. The molecule has 2 rings (SSSR count). The number of rotatable bonds is 3. The molecule has 0 aliphatic rings. The van der Waals surface area contributed by atoms with Crippen LogP contribution in [-0.4, -0.2) is 19.7 Å². The van der Waals surface area contributed by atoms with Crippen LogP contribution < -0.4 is 10.2 Å². The molecule has 1 aromatic carbocycles. The number of benzene rings is 1. The van der Waals surface area contributed by atoms with Gasteiger partial charge in [0.15, 0.2) is 11.3 Å². The predicted octanol–water partition coefficient (Wildman–Crippen LogP) is 2.29. The van der Waals surface area contributed by atoms with E-state index in [9.17, 15) is 9.59 Å². The molecule has 0 saturated carbocycles. The number of esters is 1. The van der Waals surface area contributed by atoms with Gasteiger partial charge in [0, 0.05) is 0 Å². The molecular weight excluding hydrogens is 248 g/mol. The van der Waals surface area contributed by atoms with E-state index in [0.717, 1.165) is 0 Å². The lowest BCUT2D eigenvalue weighted by Gasteiger charge is -2.08. The van der Waals surface area contributed by atoms with Gasteiger partial charge >= 0.3 is 5.97 Å². The first-order valence-corrected chi connectivity index (χ1v) is 5.87. The second kappa shape index (κ2) is 5.14. The molecule has 100 valence electrons. The molecule has 1 heterocycles. The van der Waals surface area contributed by atoms with Crippen molar-refractivity contribution in [2.75, 3.05) is 13.7 Å². The molecule has 0 radical (unpaired) electrons. The Morgan fingerprint density at radius 1 is 1.37 bits per heavy atom. The summed E-state index contributed by atoms with van der Waals surface area (Å²) in [5.74, 6) is 0.00651. The highest BCUT2D eigenvalue weighted by Gasteiger charge is 2.20. The van der Waals surface area contributed by atoms with Gasteiger partial charge in [0.05, 0.1) is 19.1 Å². The zero-order valence-electron chi connectivity index (χ0n) is 11.0. The number of para-hydroxylation sites is 1. The van der Waals surface area contributed by atoms with E-state index in [2.05, 4.69) is 0 Å². The average molecular weight is 262 g/mol. The van der Waals surface area contributed by atoms with Crippen molar-refractivity contribution in [3.8, 4) is 5.75 Å². The lowest BCUT2D eigenvalue weighted by atomic mass is 10.1. The van der Waals surface area contributed by atoms with Crippen molar-refractivity contribution >= 4 is 16.9 Å². The van der Waals surface area contributed by atoms with Crippen molar-refractivity contribution in [1.82, 2.24) is 0 Å². The fourth-order valence-electron chi connectivity index (χ4n) is 1.90. The van der Waals surface area contributed by atoms with Crippen LogP contribution in [0.15, 0.2) is 27.4 Å². The van der Waals surface area contributed by atoms with Gasteiger partial charge in [-0.25, -0.2) is 4.79 Å². The van der Waals surface area contributed by atoms with Crippen LogP contribution >= 0.6 is 0 Å². The highest BCUT2D eigenvalue weighted by atomic mass is 16.5. The Morgan fingerprint density at radius 2 is 2.11 bits per heavy atom.